The van der Waals surface area contributed by atoms with Crippen molar-refractivity contribution in [1.82, 2.24) is 4.98 Å². The minimum absolute atomic E-state index is 0.474. The van der Waals surface area contributed by atoms with Gasteiger partial charge in [-0.3, -0.25) is 0 Å². The van der Waals surface area contributed by atoms with E-state index in [9.17, 15) is 0 Å². The second-order valence-corrected chi connectivity index (χ2v) is 6.08. The second kappa shape index (κ2) is 6.95. The van der Waals surface area contributed by atoms with E-state index in [0.717, 1.165) is 17.8 Å². The molecule has 1 aromatic heterocycles. The number of anilines is 1. The van der Waals surface area contributed by atoms with E-state index in [4.69, 9.17) is 5.73 Å². The van der Waals surface area contributed by atoms with Crippen LogP contribution >= 0.6 is 11.8 Å². The summed E-state index contributed by atoms with van der Waals surface area (Å²) in [5, 5.41) is 2.40. The SMILES string of the molecule is CSCCC(C)N(C)c1ncc(CN)c2ccccc12. The van der Waals surface area contributed by atoms with E-state index in [1.807, 2.05) is 18.0 Å². The average molecular weight is 289 g/mol. The Morgan fingerprint density at radius 1 is 1.30 bits per heavy atom. The molecule has 20 heavy (non-hydrogen) atoms. The zero-order valence-electron chi connectivity index (χ0n) is 12.5. The Kier molecular flexibility index (Phi) is 5.26. The maximum atomic E-state index is 5.81. The molecule has 1 atom stereocenters. The third kappa shape index (κ3) is 3.07. The van der Waals surface area contributed by atoms with E-state index in [1.54, 1.807) is 0 Å². The summed E-state index contributed by atoms with van der Waals surface area (Å²) in [6.07, 6.45) is 5.22. The Labute approximate surface area is 125 Å². The smallest absolute Gasteiger partial charge is 0.136 e. The molecule has 1 heterocycles. The van der Waals surface area contributed by atoms with Crippen molar-refractivity contribution in [3.8, 4) is 0 Å². The number of rotatable bonds is 6. The minimum atomic E-state index is 0.474. The van der Waals surface area contributed by atoms with Gasteiger partial charge in [0.05, 0.1) is 0 Å². The van der Waals surface area contributed by atoms with Crippen LogP contribution in [0.2, 0.25) is 0 Å². The Hall–Kier alpha value is -1.26. The number of nitrogens with zero attached hydrogens (tertiary/aromatic N) is 2. The van der Waals surface area contributed by atoms with E-state index in [2.05, 4.69) is 54.4 Å². The Balaban J connectivity index is 2.39. The van der Waals surface area contributed by atoms with Gasteiger partial charge in [-0.15, -0.1) is 0 Å². The van der Waals surface area contributed by atoms with Gasteiger partial charge in [-0.2, -0.15) is 11.8 Å². The van der Waals surface area contributed by atoms with Crippen LogP contribution in [0.15, 0.2) is 30.5 Å². The van der Waals surface area contributed by atoms with Crippen LogP contribution in [0.25, 0.3) is 10.8 Å². The summed E-state index contributed by atoms with van der Waals surface area (Å²) in [5.41, 5.74) is 6.92. The molecule has 2 N–H and O–H groups in total. The molecule has 0 saturated heterocycles. The van der Waals surface area contributed by atoms with Crippen molar-refractivity contribution >= 4 is 28.4 Å². The Morgan fingerprint density at radius 2 is 2.00 bits per heavy atom. The molecule has 0 amide bonds. The van der Waals surface area contributed by atoms with Crippen molar-refractivity contribution in [2.45, 2.75) is 25.9 Å². The molecule has 1 unspecified atom stereocenters. The molecule has 2 rings (SSSR count). The molecule has 0 aliphatic heterocycles. The number of thioether (sulfide) groups is 1. The van der Waals surface area contributed by atoms with E-state index in [0.29, 0.717) is 12.6 Å². The van der Waals surface area contributed by atoms with Crippen LogP contribution in [0, 0.1) is 0 Å². The molecule has 0 saturated carbocycles. The van der Waals surface area contributed by atoms with Crippen molar-refractivity contribution in [2.24, 2.45) is 5.73 Å². The summed E-state index contributed by atoms with van der Waals surface area (Å²) in [5.74, 6) is 2.22. The first-order valence-corrected chi connectivity index (χ1v) is 8.37. The van der Waals surface area contributed by atoms with Crippen LogP contribution in [0.3, 0.4) is 0 Å². The maximum Gasteiger partial charge on any atom is 0.136 e. The van der Waals surface area contributed by atoms with Gasteiger partial charge in [-0.25, -0.2) is 4.98 Å². The largest absolute Gasteiger partial charge is 0.356 e. The predicted molar refractivity (Wildman–Crippen MR) is 90.5 cm³/mol. The van der Waals surface area contributed by atoms with Gasteiger partial charge in [0, 0.05) is 31.2 Å². The highest BCUT2D eigenvalue weighted by Gasteiger charge is 2.14. The first-order valence-electron chi connectivity index (χ1n) is 6.97. The average Bonchev–Trinajstić information content (AvgIpc) is 2.50. The van der Waals surface area contributed by atoms with Gasteiger partial charge in [0.2, 0.25) is 0 Å². The van der Waals surface area contributed by atoms with Crippen LogP contribution in [0.5, 0.6) is 0 Å². The van der Waals surface area contributed by atoms with Gasteiger partial charge in [0.1, 0.15) is 5.82 Å². The summed E-state index contributed by atoms with van der Waals surface area (Å²) in [4.78, 5) is 6.92. The minimum Gasteiger partial charge on any atom is -0.356 e. The van der Waals surface area contributed by atoms with E-state index >= 15 is 0 Å². The van der Waals surface area contributed by atoms with Gasteiger partial charge >= 0.3 is 0 Å². The maximum absolute atomic E-state index is 5.81. The van der Waals surface area contributed by atoms with E-state index < -0.39 is 0 Å². The molecular formula is C16H23N3S. The molecule has 0 spiro atoms. The number of fused-ring (bicyclic) bond motifs is 1. The number of nitrogens with two attached hydrogens (primary N) is 1. The summed E-state index contributed by atoms with van der Waals surface area (Å²) < 4.78 is 0. The third-order valence-corrected chi connectivity index (χ3v) is 4.46. The number of aromatic nitrogens is 1. The number of hydrogen-bond donors (Lipinski definition) is 1. The highest BCUT2D eigenvalue weighted by molar-refractivity contribution is 7.98. The standard InChI is InChI=1S/C16H23N3S/c1-12(8-9-20-3)19(2)16-15-7-5-4-6-14(15)13(10-17)11-18-16/h4-7,11-12H,8-10,17H2,1-3H3. The van der Waals surface area contributed by atoms with Crippen molar-refractivity contribution in [2.75, 3.05) is 24.0 Å². The lowest BCUT2D eigenvalue weighted by molar-refractivity contribution is 0.664. The lowest BCUT2D eigenvalue weighted by atomic mass is 10.1. The van der Waals surface area contributed by atoms with E-state index in [-0.39, 0.29) is 0 Å². The number of pyridine rings is 1. The highest BCUT2D eigenvalue weighted by Crippen LogP contribution is 2.28. The fraction of sp³-hybridized carbons (Fsp3) is 0.438. The fourth-order valence-corrected chi connectivity index (χ4v) is 2.95. The van der Waals surface area contributed by atoms with Gasteiger partial charge < -0.3 is 10.6 Å². The summed E-state index contributed by atoms with van der Waals surface area (Å²) >= 11 is 1.89. The summed E-state index contributed by atoms with van der Waals surface area (Å²) in [7, 11) is 2.13. The quantitative estimate of drug-likeness (QED) is 0.886. The molecule has 108 valence electrons. The molecular weight excluding hydrogens is 266 g/mol. The first kappa shape index (κ1) is 15.1. The lowest BCUT2D eigenvalue weighted by Crippen LogP contribution is -2.30. The molecule has 0 fully saturated rings. The van der Waals surface area contributed by atoms with Gasteiger partial charge in [0.25, 0.3) is 0 Å². The zero-order chi connectivity index (χ0) is 14.5. The normalized spacial score (nSPS) is 12.6. The molecule has 4 heteroatoms. The number of hydrogen-bond acceptors (Lipinski definition) is 4. The van der Waals surface area contributed by atoms with Crippen LogP contribution < -0.4 is 10.6 Å². The first-order chi connectivity index (χ1) is 9.69. The van der Waals surface area contributed by atoms with Crippen LogP contribution in [0.1, 0.15) is 18.9 Å². The van der Waals surface area contributed by atoms with Crippen LogP contribution in [0.4, 0.5) is 5.82 Å². The highest BCUT2D eigenvalue weighted by atomic mass is 32.2. The van der Waals surface area contributed by atoms with Crippen molar-refractivity contribution in [3.05, 3.63) is 36.0 Å². The molecule has 0 aliphatic carbocycles. The van der Waals surface area contributed by atoms with Gasteiger partial charge in [0.15, 0.2) is 0 Å². The lowest BCUT2D eigenvalue weighted by Gasteiger charge is -2.27. The van der Waals surface area contributed by atoms with Gasteiger partial charge in [-0.05, 0) is 36.3 Å². The number of benzene rings is 1. The fourth-order valence-electron chi connectivity index (χ4n) is 2.37. The molecule has 2 aromatic rings. The molecule has 1 aromatic carbocycles. The predicted octanol–water partition coefficient (Wildman–Crippen LogP) is 3.27. The van der Waals surface area contributed by atoms with Crippen LogP contribution in [-0.2, 0) is 6.54 Å². The Morgan fingerprint density at radius 3 is 2.65 bits per heavy atom. The Bertz CT molecular complexity index is 571. The zero-order valence-corrected chi connectivity index (χ0v) is 13.3. The monoisotopic (exact) mass is 289 g/mol. The van der Waals surface area contributed by atoms with Crippen molar-refractivity contribution < 1.29 is 0 Å². The molecule has 3 nitrogen and oxygen atoms in total. The summed E-state index contributed by atoms with van der Waals surface area (Å²) in [6.45, 7) is 2.78. The molecule has 0 aliphatic rings. The topological polar surface area (TPSA) is 42.2 Å². The van der Waals surface area contributed by atoms with Crippen LogP contribution in [-0.4, -0.2) is 30.1 Å². The van der Waals surface area contributed by atoms with Crippen molar-refractivity contribution in [3.63, 3.8) is 0 Å². The summed E-state index contributed by atoms with van der Waals surface area (Å²) in [6, 6.07) is 8.86. The molecule has 0 radical (unpaired) electrons. The van der Waals surface area contributed by atoms with Gasteiger partial charge in [-0.1, -0.05) is 24.3 Å². The third-order valence-electron chi connectivity index (χ3n) is 3.81. The molecule has 0 bridgehead atoms. The van der Waals surface area contributed by atoms with E-state index in [1.165, 1.54) is 16.5 Å². The van der Waals surface area contributed by atoms with Crippen molar-refractivity contribution in [1.29, 1.82) is 0 Å². The second-order valence-electron chi connectivity index (χ2n) is 5.10.